The van der Waals surface area contributed by atoms with Crippen molar-refractivity contribution in [3.63, 3.8) is 0 Å². The zero-order valence-electron chi connectivity index (χ0n) is 14.6. The van der Waals surface area contributed by atoms with Gasteiger partial charge in [-0.25, -0.2) is 9.97 Å². The van der Waals surface area contributed by atoms with Crippen molar-refractivity contribution in [2.24, 2.45) is 0 Å². The molecule has 134 valence electrons. The van der Waals surface area contributed by atoms with Crippen LogP contribution in [0, 0.1) is 0 Å². The van der Waals surface area contributed by atoms with Crippen molar-refractivity contribution in [2.45, 2.75) is 13.0 Å². The average molecular weight is 359 g/mol. The number of aromatic amines is 1. The zero-order valence-corrected chi connectivity index (χ0v) is 14.6. The number of hydrogen-bond donors (Lipinski definition) is 1. The van der Waals surface area contributed by atoms with Gasteiger partial charge in [0.25, 0.3) is 5.82 Å². The van der Waals surface area contributed by atoms with E-state index in [0.717, 1.165) is 22.4 Å². The fourth-order valence-corrected chi connectivity index (χ4v) is 2.74. The minimum absolute atomic E-state index is 0.481. The summed E-state index contributed by atoms with van der Waals surface area (Å²) in [4.78, 5) is 7.11. The Morgan fingerprint density at radius 1 is 1.00 bits per heavy atom. The molecule has 0 aliphatic carbocycles. The lowest BCUT2D eigenvalue weighted by Gasteiger charge is -2.05. The van der Waals surface area contributed by atoms with Crippen molar-refractivity contribution in [1.29, 1.82) is 0 Å². The summed E-state index contributed by atoms with van der Waals surface area (Å²) in [5.74, 6) is 1.83. The molecule has 0 amide bonds. The van der Waals surface area contributed by atoms with Crippen LogP contribution < -0.4 is 15.5 Å². The summed E-state index contributed by atoms with van der Waals surface area (Å²) >= 11 is 0. The molecule has 0 spiro atoms. The number of pyridine rings is 2. The number of nitrogens with one attached hydrogen (secondary N) is 1. The summed E-state index contributed by atoms with van der Waals surface area (Å²) in [5.41, 5.74) is 9.82. The van der Waals surface area contributed by atoms with Crippen molar-refractivity contribution in [2.75, 3.05) is 5.73 Å². The molecule has 0 radical (unpaired) electrons. The van der Waals surface area contributed by atoms with Gasteiger partial charge in [-0.15, -0.1) is 0 Å². The number of aromatic nitrogens is 3. The number of benzene rings is 1. The first-order chi connectivity index (χ1) is 13.3. The number of anilines is 1. The van der Waals surface area contributed by atoms with Crippen LogP contribution in [0.3, 0.4) is 0 Å². The van der Waals surface area contributed by atoms with Crippen molar-refractivity contribution < 1.29 is 14.2 Å². The Morgan fingerprint density at radius 3 is 2.63 bits per heavy atom. The van der Waals surface area contributed by atoms with Crippen LogP contribution in [0.5, 0.6) is 5.88 Å². The molecule has 0 aliphatic rings. The monoisotopic (exact) mass is 359 g/mol. The lowest BCUT2D eigenvalue weighted by Crippen LogP contribution is -2.09. The van der Waals surface area contributed by atoms with Crippen LogP contribution in [-0.2, 0) is 13.0 Å². The van der Waals surface area contributed by atoms with Gasteiger partial charge in [0.2, 0.25) is 5.88 Å². The average Bonchev–Trinajstić information content (AvgIpc) is 3.17. The van der Waals surface area contributed by atoms with Gasteiger partial charge in [0, 0.05) is 24.8 Å². The van der Waals surface area contributed by atoms with Crippen molar-refractivity contribution in [1.82, 2.24) is 10.1 Å². The van der Waals surface area contributed by atoms with E-state index in [1.165, 1.54) is 0 Å². The van der Waals surface area contributed by atoms with Crippen LogP contribution in [0.4, 0.5) is 5.82 Å². The third-order valence-corrected chi connectivity index (χ3v) is 4.15. The van der Waals surface area contributed by atoms with Crippen LogP contribution in [0.2, 0.25) is 0 Å². The van der Waals surface area contributed by atoms with E-state index in [2.05, 4.69) is 27.3 Å². The Labute approximate surface area is 156 Å². The van der Waals surface area contributed by atoms with Crippen molar-refractivity contribution >= 4 is 5.82 Å². The molecule has 0 aliphatic heterocycles. The van der Waals surface area contributed by atoms with Gasteiger partial charge >= 0.3 is 0 Å². The van der Waals surface area contributed by atoms with Gasteiger partial charge in [-0.2, -0.15) is 0 Å². The molecule has 4 rings (SSSR count). The van der Waals surface area contributed by atoms with Gasteiger partial charge in [-0.05, 0) is 29.3 Å². The van der Waals surface area contributed by atoms with E-state index in [4.69, 9.17) is 15.0 Å². The van der Waals surface area contributed by atoms with E-state index in [9.17, 15) is 0 Å². The minimum Gasteiger partial charge on any atom is -0.473 e. The predicted molar refractivity (Wildman–Crippen MR) is 101 cm³/mol. The fraction of sp³-hybridized carbons (Fsp3) is 0.0952. The van der Waals surface area contributed by atoms with Crippen LogP contribution in [0.15, 0.2) is 77.6 Å². The highest BCUT2D eigenvalue weighted by molar-refractivity contribution is 5.67. The second-order valence-corrected chi connectivity index (χ2v) is 6.13. The number of H-pyrrole nitrogens is 1. The summed E-state index contributed by atoms with van der Waals surface area (Å²) in [5, 5.41) is 4.15. The van der Waals surface area contributed by atoms with E-state index in [1.54, 1.807) is 12.4 Å². The van der Waals surface area contributed by atoms with Crippen LogP contribution in [-0.4, -0.2) is 10.1 Å². The first kappa shape index (κ1) is 16.8. The summed E-state index contributed by atoms with van der Waals surface area (Å²) in [7, 11) is 0. The first-order valence-electron chi connectivity index (χ1n) is 8.62. The molecular weight excluding hydrogens is 340 g/mol. The fourth-order valence-electron chi connectivity index (χ4n) is 2.74. The summed E-state index contributed by atoms with van der Waals surface area (Å²) in [6.07, 6.45) is 4.17. The van der Waals surface area contributed by atoms with Crippen LogP contribution in [0.25, 0.3) is 11.3 Å². The molecule has 0 atom stereocenters. The summed E-state index contributed by atoms with van der Waals surface area (Å²) < 4.78 is 11.1. The van der Waals surface area contributed by atoms with Gasteiger partial charge < -0.3 is 9.26 Å². The number of rotatable bonds is 6. The highest BCUT2D eigenvalue weighted by atomic mass is 16.5. The molecule has 27 heavy (non-hydrogen) atoms. The highest BCUT2D eigenvalue weighted by Crippen LogP contribution is 2.24. The van der Waals surface area contributed by atoms with Gasteiger partial charge in [0.05, 0.1) is 11.9 Å². The number of nitrogens with two attached hydrogens (primary N) is 1. The maximum Gasteiger partial charge on any atom is 0.281 e. The molecule has 0 unspecified atom stereocenters. The van der Waals surface area contributed by atoms with Crippen molar-refractivity contribution in [3.05, 3.63) is 89.9 Å². The summed E-state index contributed by atoms with van der Waals surface area (Å²) in [6.45, 7) is 0.481. The smallest absolute Gasteiger partial charge is 0.281 e. The van der Waals surface area contributed by atoms with Gasteiger partial charge in [-0.1, -0.05) is 35.5 Å². The standard InChI is InChI=1S/C21H18N4O2/c22-21-18(4-3-11-24-21)19-13-17(25-27-19)12-15-6-8-16(9-7-15)14-26-20-5-1-2-10-23-20/h1-11,13H,12,14H2,(H2,22,24)/p+1. The number of hydrogen-bond acceptors (Lipinski definition) is 5. The molecule has 6 heteroatoms. The Hall–Kier alpha value is -3.67. The van der Waals surface area contributed by atoms with Crippen LogP contribution in [0.1, 0.15) is 16.8 Å². The maximum atomic E-state index is 5.94. The maximum absolute atomic E-state index is 5.94. The quantitative estimate of drug-likeness (QED) is 0.571. The van der Waals surface area contributed by atoms with E-state index in [1.807, 2.05) is 48.5 Å². The normalized spacial score (nSPS) is 10.7. The van der Waals surface area contributed by atoms with Crippen molar-refractivity contribution in [3.8, 4) is 17.2 Å². The van der Waals surface area contributed by atoms with Crippen LogP contribution >= 0.6 is 0 Å². The molecule has 3 N–H and O–H groups in total. The second-order valence-electron chi connectivity index (χ2n) is 6.13. The summed E-state index contributed by atoms with van der Waals surface area (Å²) in [6, 6.07) is 19.5. The largest absolute Gasteiger partial charge is 0.473 e. The zero-order chi connectivity index (χ0) is 18.5. The molecule has 0 bridgehead atoms. The van der Waals surface area contributed by atoms with E-state index in [0.29, 0.717) is 30.5 Å². The SMILES string of the molecule is Nc1[nH+]cccc1-c1cc(Cc2ccc(COc3ccccn3)cc2)no1. The molecule has 4 aromatic rings. The lowest BCUT2D eigenvalue weighted by molar-refractivity contribution is -0.359. The topological polar surface area (TPSA) is 88.3 Å². The third-order valence-electron chi connectivity index (χ3n) is 4.15. The number of nitrogens with zero attached hydrogens (tertiary/aromatic N) is 2. The number of nitrogen functional groups attached to an aromatic ring is 1. The molecule has 0 saturated carbocycles. The molecule has 0 fully saturated rings. The third kappa shape index (κ3) is 4.12. The molecule has 3 heterocycles. The second kappa shape index (κ2) is 7.70. The molecular formula is C21H19N4O2+. The lowest BCUT2D eigenvalue weighted by atomic mass is 10.1. The first-order valence-corrected chi connectivity index (χ1v) is 8.62. The van der Waals surface area contributed by atoms with Gasteiger partial charge in [0.1, 0.15) is 12.2 Å². The minimum atomic E-state index is 0.481. The Bertz CT molecular complexity index is 1010. The van der Waals surface area contributed by atoms with E-state index >= 15 is 0 Å². The Kier molecular flexibility index (Phi) is 4.78. The Morgan fingerprint density at radius 2 is 1.85 bits per heavy atom. The Balaban J connectivity index is 1.39. The van der Waals surface area contributed by atoms with E-state index in [-0.39, 0.29) is 0 Å². The highest BCUT2D eigenvalue weighted by Gasteiger charge is 2.13. The van der Waals surface area contributed by atoms with Gasteiger partial charge in [-0.3, -0.25) is 5.73 Å². The predicted octanol–water partition coefficient (Wildman–Crippen LogP) is 3.30. The molecule has 3 aromatic heterocycles. The van der Waals surface area contributed by atoms with Gasteiger partial charge in [0.15, 0.2) is 5.76 Å². The van der Waals surface area contributed by atoms with E-state index < -0.39 is 0 Å². The molecule has 1 aromatic carbocycles. The molecule has 0 saturated heterocycles. The molecule has 6 nitrogen and oxygen atoms in total. The number of ether oxygens (including phenoxy) is 1.